The number of nitriles is 1. The van der Waals surface area contributed by atoms with Crippen LogP contribution in [0.25, 0.3) is 0 Å². The molecular formula is C12H13N3O. The smallest absolute Gasteiger partial charge is 0.251 e. The van der Waals surface area contributed by atoms with Crippen molar-refractivity contribution in [3.05, 3.63) is 29.6 Å². The van der Waals surface area contributed by atoms with E-state index < -0.39 is 0 Å². The minimum atomic E-state index is -0.106. The lowest BCUT2D eigenvalue weighted by Gasteiger charge is -2.11. The molecule has 1 amide bonds. The van der Waals surface area contributed by atoms with Gasteiger partial charge in [-0.2, -0.15) is 5.26 Å². The standard InChI is InChI=1S/C12H13N3O/c13-8-11-7-9(5-6-14-11)12(16)15-10-3-1-2-4-10/h5-7,10H,1-4H2,(H,15,16). The zero-order valence-electron chi connectivity index (χ0n) is 8.94. The third-order valence-corrected chi connectivity index (χ3v) is 2.83. The van der Waals surface area contributed by atoms with Gasteiger partial charge in [0.05, 0.1) is 0 Å². The quantitative estimate of drug-likeness (QED) is 0.815. The number of hydrogen-bond donors (Lipinski definition) is 1. The molecule has 1 aromatic heterocycles. The molecule has 0 radical (unpaired) electrons. The van der Waals surface area contributed by atoms with E-state index in [1.54, 1.807) is 6.07 Å². The molecule has 1 aliphatic carbocycles. The van der Waals surface area contributed by atoms with Crippen molar-refractivity contribution < 1.29 is 4.79 Å². The number of amides is 1. The molecule has 16 heavy (non-hydrogen) atoms. The van der Waals surface area contributed by atoms with Crippen molar-refractivity contribution in [2.75, 3.05) is 0 Å². The van der Waals surface area contributed by atoms with Crippen LogP contribution in [0.1, 0.15) is 41.7 Å². The van der Waals surface area contributed by atoms with E-state index in [1.807, 2.05) is 6.07 Å². The van der Waals surface area contributed by atoms with Gasteiger partial charge in [-0.15, -0.1) is 0 Å². The molecule has 0 unspecified atom stereocenters. The molecule has 4 heteroatoms. The average Bonchev–Trinajstić information content (AvgIpc) is 2.82. The van der Waals surface area contributed by atoms with Gasteiger partial charge in [-0.3, -0.25) is 4.79 Å². The molecule has 1 N–H and O–H groups in total. The van der Waals surface area contributed by atoms with Crippen LogP contribution in [0.4, 0.5) is 0 Å². The van der Waals surface area contributed by atoms with Crippen molar-refractivity contribution in [2.45, 2.75) is 31.7 Å². The van der Waals surface area contributed by atoms with E-state index in [0.717, 1.165) is 12.8 Å². The van der Waals surface area contributed by atoms with Crippen LogP contribution in [0.2, 0.25) is 0 Å². The van der Waals surface area contributed by atoms with Crippen LogP contribution in [-0.2, 0) is 0 Å². The van der Waals surface area contributed by atoms with Gasteiger partial charge in [0.2, 0.25) is 0 Å². The Bertz CT molecular complexity index is 430. The number of nitrogens with zero attached hydrogens (tertiary/aromatic N) is 2. The summed E-state index contributed by atoms with van der Waals surface area (Å²) in [5.74, 6) is -0.106. The molecule has 82 valence electrons. The fourth-order valence-corrected chi connectivity index (χ4v) is 1.97. The number of pyridine rings is 1. The summed E-state index contributed by atoms with van der Waals surface area (Å²) in [7, 11) is 0. The summed E-state index contributed by atoms with van der Waals surface area (Å²) >= 11 is 0. The number of nitrogens with one attached hydrogen (secondary N) is 1. The molecular weight excluding hydrogens is 202 g/mol. The van der Waals surface area contributed by atoms with Crippen molar-refractivity contribution in [3.63, 3.8) is 0 Å². The predicted molar refractivity (Wildman–Crippen MR) is 58.7 cm³/mol. The Labute approximate surface area is 94.3 Å². The van der Waals surface area contributed by atoms with Gasteiger partial charge >= 0.3 is 0 Å². The molecule has 0 aliphatic heterocycles. The lowest BCUT2D eigenvalue weighted by atomic mass is 10.2. The third-order valence-electron chi connectivity index (χ3n) is 2.83. The summed E-state index contributed by atoms with van der Waals surface area (Å²) in [6.07, 6.45) is 5.97. The Hall–Kier alpha value is -1.89. The molecule has 2 rings (SSSR count). The summed E-state index contributed by atoms with van der Waals surface area (Å²) in [4.78, 5) is 15.7. The van der Waals surface area contributed by atoms with Gasteiger partial charge in [0, 0.05) is 17.8 Å². The van der Waals surface area contributed by atoms with Gasteiger partial charge in [-0.1, -0.05) is 12.8 Å². The van der Waals surface area contributed by atoms with Crippen LogP contribution in [0, 0.1) is 11.3 Å². The highest BCUT2D eigenvalue weighted by Crippen LogP contribution is 2.18. The van der Waals surface area contributed by atoms with Gasteiger partial charge in [0.25, 0.3) is 5.91 Å². The highest BCUT2D eigenvalue weighted by molar-refractivity contribution is 5.94. The fraction of sp³-hybridized carbons (Fsp3) is 0.417. The number of aromatic nitrogens is 1. The first kappa shape index (κ1) is 10.6. The van der Waals surface area contributed by atoms with E-state index in [2.05, 4.69) is 10.3 Å². The molecule has 0 aromatic carbocycles. The fourth-order valence-electron chi connectivity index (χ4n) is 1.97. The molecule has 0 atom stereocenters. The first-order chi connectivity index (χ1) is 7.79. The first-order valence-electron chi connectivity index (χ1n) is 5.46. The van der Waals surface area contributed by atoms with Gasteiger partial charge in [-0.25, -0.2) is 4.98 Å². The van der Waals surface area contributed by atoms with Gasteiger partial charge in [-0.05, 0) is 25.0 Å². The molecule has 0 spiro atoms. The van der Waals surface area contributed by atoms with Gasteiger partial charge < -0.3 is 5.32 Å². The summed E-state index contributed by atoms with van der Waals surface area (Å²) in [5.41, 5.74) is 0.789. The molecule has 1 saturated carbocycles. The normalized spacial score (nSPS) is 15.7. The molecule has 1 aromatic rings. The van der Waals surface area contributed by atoms with E-state index in [4.69, 9.17) is 5.26 Å². The Balaban J connectivity index is 2.05. The maximum Gasteiger partial charge on any atom is 0.251 e. The second kappa shape index (κ2) is 4.75. The summed E-state index contributed by atoms with van der Waals surface area (Å²) in [6.45, 7) is 0. The van der Waals surface area contributed by atoms with Crippen molar-refractivity contribution in [1.29, 1.82) is 5.26 Å². The number of hydrogen-bond acceptors (Lipinski definition) is 3. The van der Waals surface area contributed by atoms with Crippen LogP contribution in [0.3, 0.4) is 0 Å². The molecule has 1 fully saturated rings. The first-order valence-corrected chi connectivity index (χ1v) is 5.46. The van der Waals surface area contributed by atoms with Crippen LogP contribution < -0.4 is 5.32 Å². The van der Waals surface area contributed by atoms with Crippen LogP contribution in [-0.4, -0.2) is 16.9 Å². The van der Waals surface area contributed by atoms with E-state index in [1.165, 1.54) is 25.1 Å². The number of carbonyl (C=O) groups is 1. The van der Waals surface area contributed by atoms with Gasteiger partial charge in [0.1, 0.15) is 11.8 Å². The highest BCUT2D eigenvalue weighted by Gasteiger charge is 2.17. The van der Waals surface area contributed by atoms with Crippen molar-refractivity contribution in [2.24, 2.45) is 0 Å². The Morgan fingerprint density at radius 3 is 2.94 bits per heavy atom. The zero-order valence-corrected chi connectivity index (χ0v) is 8.94. The Morgan fingerprint density at radius 2 is 2.25 bits per heavy atom. The molecule has 4 nitrogen and oxygen atoms in total. The minimum Gasteiger partial charge on any atom is -0.349 e. The summed E-state index contributed by atoms with van der Waals surface area (Å²) in [5, 5.41) is 11.7. The predicted octanol–water partition coefficient (Wildman–Crippen LogP) is 1.63. The zero-order chi connectivity index (χ0) is 11.4. The lowest BCUT2D eigenvalue weighted by Crippen LogP contribution is -2.32. The lowest BCUT2D eigenvalue weighted by molar-refractivity contribution is 0.0937. The second-order valence-corrected chi connectivity index (χ2v) is 4.00. The maximum absolute atomic E-state index is 11.8. The van der Waals surface area contributed by atoms with Crippen molar-refractivity contribution in [3.8, 4) is 6.07 Å². The van der Waals surface area contributed by atoms with E-state index >= 15 is 0 Å². The van der Waals surface area contributed by atoms with Crippen LogP contribution >= 0.6 is 0 Å². The largest absolute Gasteiger partial charge is 0.349 e. The molecule has 0 bridgehead atoms. The highest BCUT2D eigenvalue weighted by atomic mass is 16.1. The van der Waals surface area contributed by atoms with E-state index in [0.29, 0.717) is 11.6 Å². The summed E-state index contributed by atoms with van der Waals surface area (Å²) in [6, 6.07) is 5.37. The number of carbonyl (C=O) groups excluding carboxylic acids is 1. The van der Waals surface area contributed by atoms with Crippen LogP contribution in [0.5, 0.6) is 0 Å². The van der Waals surface area contributed by atoms with E-state index in [9.17, 15) is 4.79 Å². The minimum absolute atomic E-state index is 0.106. The monoisotopic (exact) mass is 215 g/mol. The van der Waals surface area contributed by atoms with Crippen molar-refractivity contribution in [1.82, 2.24) is 10.3 Å². The third kappa shape index (κ3) is 2.37. The second-order valence-electron chi connectivity index (χ2n) is 4.00. The topological polar surface area (TPSA) is 65.8 Å². The number of rotatable bonds is 2. The molecule has 0 saturated heterocycles. The maximum atomic E-state index is 11.8. The molecule has 1 aliphatic rings. The average molecular weight is 215 g/mol. The van der Waals surface area contributed by atoms with E-state index in [-0.39, 0.29) is 11.6 Å². The van der Waals surface area contributed by atoms with Crippen LogP contribution in [0.15, 0.2) is 18.3 Å². The SMILES string of the molecule is N#Cc1cc(C(=O)NC2CCCC2)ccn1. The van der Waals surface area contributed by atoms with Gasteiger partial charge in [0.15, 0.2) is 0 Å². The van der Waals surface area contributed by atoms with Crippen molar-refractivity contribution >= 4 is 5.91 Å². The Morgan fingerprint density at radius 1 is 1.50 bits per heavy atom. The Kier molecular flexibility index (Phi) is 3.16. The summed E-state index contributed by atoms with van der Waals surface area (Å²) < 4.78 is 0. The molecule has 1 heterocycles.